The van der Waals surface area contributed by atoms with Gasteiger partial charge in [-0.25, -0.2) is 4.98 Å². The minimum atomic E-state index is -0.211. The minimum absolute atomic E-state index is 0. The van der Waals surface area contributed by atoms with E-state index in [4.69, 9.17) is 10.5 Å². The highest BCUT2D eigenvalue weighted by molar-refractivity contribution is 7.09. The lowest BCUT2D eigenvalue weighted by molar-refractivity contribution is 0.0365. The van der Waals surface area contributed by atoms with E-state index in [0.29, 0.717) is 12.2 Å². The van der Waals surface area contributed by atoms with Crippen LogP contribution in [0.5, 0.6) is 0 Å². The van der Waals surface area contributed by atoms with Crippen LogP contribution in [0.4, 0.5) is 5.69 Å². The van der Waals surface area contributed by atoms with Crippen LogP contribution in [0, 0.1) is 0 Å². The van der Waals surface area contributed by atoms with Crippen molar-refractivity contribution in [2.24, 2.45) is 5.73 Å². The summed E-state index contributed by atoms with van der Waals surface area (Å²) < 4.78 is 7.65. The highest BCUT2D eigenvalue weighted by Gasteiger charge is 2.13. The first-order valence-electron chi connectivity index (χ1n) is 9.08. The molecule has 29 heavy (non-hydrogen) atoms. The molecule has 3 aromatic rings. The van der Waals surface area contributed by atoms with Gasteiger partial charge >= 0.3 is 0 Å². The summed E-state index contributed by atoms with van der Waals surface area (Å²) in [7, 11) is 0. The minimum Gasteiger partial charge on any atom is -0.379 e. The third-order valence-electron chi connectivity index (χ3n) is 4.75. The number of carbonyl (C=O) groups is 1. The Balaban J connectivity index is 0.00000150. The van der Waals surface area contributed by atoms with Gasteiger partial charge in [0.15, 0.2) is 0 Å². The molecule has 1 aliphatic heterocycles. The first-order valence-corrected chi connectivity index (χ1v) is 9.96. The van der Waals surface area contributed by atoms with Crippen molar-refractivity contribution in [1.82, 2.24) is 14.5 Å². The van der Waals surface area contributed by atoms with Gasteiger partial charge in [-0.1, -0.05) is 0 Å². The second kappa shape index (κ2) is 10.9. The van der Waals surface area contributed by atoms with Crippen LogP contribution < -0.4 is 11.1 Å². The lowest BCUT2D eigenvalue weighted by Crippen LogP contribution is -2.38. The van der Waals surface area contributed by atoms with E-state index in [2.05, 4.69) is 38.1 Å². The highest BCUT2D eigenvalue weighted by Crippen LogP contribution is 2.21. The molecule has 10 heteroatoms. The van der Waals surface area contributed by atoms with Crippen molar-refractivity contribution in [3.8, 4) is 0 Å². The van der Waals surface area contributed by atoms with E-state index >= 15 is 0 Å². The number of fused-ring (bicyclic) bond motifs is 1. The van der Waals surface area contributed by atoms with Crippen molar-refractivity contribution in [3.63, 3.8) is 0 Å². The second-order valence-corrected chi connectivity index (χ2v) is 7.46. The van der Waals surface area contributed by atoms with Crippen molar-refractivity contribution >= 4 is 58.6 Å². The Labute approximate surface area is 186 Å². The van der Waals surface area contributed by atoms with Crippen LogP contribution in [0.15, 0.2) is 35.8 Å². The SMILES string of the molecule is Cl.Cl.NCc1nc(C(=O)Nc2ccc3c(ccn3CCN3CCOCC3)c2)cs1. The quantitative estimate of drug-likeness (QED) is 0.593. The molecule has 3 N–H and O–H groups in total. The number of rotatable bonds is 6. The third-order valence-corrected chi connectivity index (χ3v) is 5.62. The van der Waals surface area contributed by atoms with Crippen LogP contribution in [-0.2, 0) is 17.8 Å². The largest absolute Gasteiger partial charge is 0.379 e. The standard InChI is InChI=1S/C19H23N5O2S.2ClH/c20-12-18-22-16(13-27-18)19(25)21-15-1-2-17-14(11-15)3-4-24(17)6-5-23-7-9-26-10-8-23;;/h1-4,11,13H,5-10,12,20H2,(H,21,25);2*1H. The van der Waals surface area contributed by atoms with Crippen LogP contribution in [-0.4, -0.2) is 53.2 Å². The van der Waals surface area contributed by atoms with Gasteiger partial charge in [0.1, 0.15) is 10.7 Å². The van der Waals surface area contributed by atoms with Gasteiger partial charge < -0.3 is 20.4 Å². The van der Waals surface area contributed by atoms with E-state index in [0.717, 1.165) is 55.5 Å². The molecule has 1 saturated heterocycles. The normalized spacial score (nSPS) is 14.2. The second-order valence-electron chi connectivity index (χ2n) is 6.52. The Morgan fingerprint density at radius 2 is 2.00 bits per heavy atom. The highest BCUT2D eigenvalue weighted by atomic mass is 35.5. The maximum absolute atomic E-state index is 12.3. The van der Waals surface area contributed by atoms with E-state index in [9.17, 15) is 4.79 Å². The molecule has 0 spiro atoms. The van der Waals surface area contributed by atoms with Crippen LogP contribution in [0.3, 0.4) is 0 Å². The average Bonchev–Trinajstić information content (AvgIpc) is 3.34. The zero-order valence-electron chi connectivity index (χ0n) is 15.9. The van der Waals surface area contributed by atoms with Crippen molar-refractivity contribution in [3.05, 3.63) is 46.5 Å². The average molecular weight is 458 g/mol. The predicted molar refractivity (Wildman–Crippen MR) is 122 cm³/mol. The molecule has 0 saturated carbocycles. The van der Waals surface area contributed by atoms with E-state index in [1.54, 1.807) is 5.38 Å². The predicted octanol–water partition coefficient (Wildman–Crippen LogP) is 2.98. The molecule has 1 aliphatic rings. The Morgan fingerprint density at radius 3 is 2.72 bits per heavy atom. The molecule has 4 rings (SSSR count). The van der Waals surface area contributed by atoms with Gasteiger partial charge in [-0.15, -0.1) is 36.2 Å². The molecule has 0 bridgehead atoms. The van der Waals surface area contributed by atoms with Crippen molar-refractivity contribution < 1.29 is 9.53 Å². The molecule has 1 fully saturated rings. The molecule has 7 nitrogen and oxygen atoms in total. The van der Waals surface area contributed by atoms with E-state index in [-0.39, 0.29) is 30.7 Å². The summed E-state index contributed by atoms with van der Waals surface area (Å²) >= 11 is 1.40. The van der Waals surface area contributed by atoms with Crippen molar-refractivity contribution in [1.29, 1.82) is 0 Å². The van der Waals surface area contributed by atoms with Gasteiger partial charge in [0, 0.05) is 60.9 Å². The first kappa shape index (κ1) is 23.6. The van der Waals surface area contributed by atoms with E-state index < -0.39 is 0 Å². The van der Waals surface area contributed by atoms with Gasteiger partial charge in [0.25, 0.3) is 5.91 Å². The summed E-state index contributed by atoms with van der Waals surface area (Å²) in [5, 5.41) is 6.51. The maximum Gasteiger partial charge on any atom is 0.275 e. The molecular weight excluding hydrogens is 433 g/mol. The number of halogens is 2. The number of thiazole rings is 1. The zero-order chi connectivity index (χ0) is 18.6. The third kappa shape index (κ3) is 5.69. The van der Waals surface area contributed by atoms with Gasteiger partial charge in [-0.05, 0) is 24.3 Å². The molecule has 0 unspecified atom stereocenters. The number of hydrogen-bond donors (Lipinski definition) is 2. The topological polar surface area (TPSA) is 85.4 Å². The number of anilines is 1. The number of carbonyl (C=O) groups excluding carboxylic acids is 1. The molecule has 1 aromatic carbocycles. The number of amides is 1. The number of nitrogens with one attached hydrogen (secondary N) is 1. The number of morpholine rings is 1. The van der Waals surface area contributed by atoms with Crippen molar-refractivity contribution in [2.75, 3.05) is 38.2 Å². The summed E-state index contributed by atoms with van der Waals surface area (Å²) in [4.78, 5) is 19.0. The molecule has 0 aliphatic carbocycles. The molecule has 2 aromatic heterocycles. The molecule has 0 radical (unpaired) electrons. The van der Waals surface area contributed by atoms with Crippen LogP contribution in [0.25, 0.3) is 10.9 Å². The molecule has 0 atom stereocenters. The summed E-state index contributed by atoms with van der Waals surface area (Å²) in [5.74, 6) is -0.211. The van der Waals surface area contributed by atoms with Crippen LogP contribution in [0.2, 0.25) is 0 Å². The number of nitrogens with zero attached hydrogens (tertiary/aromatic N) is 3. The Kier molecular flexibility index (Phi) is 8.88. The van der Waals surface area contributed by atoms with Crippen molar-refractivity contribution in [2.45, 2.75) is 13.1 Å². The van der Waals surface area contributed by atoms with Gasteiger partial charge in [-0.3, -0.25) is 9.69 Å². The summed E-state index contributed by atoms with van der Waals surface area (Å²) in [6, 6.07) is 8.06. The fourth-order valence-electron chi connectivity index (χ4n) is 3.25. The van der Waals surface area contributed by atoms with E-state index in [1.807, 2.05) is 12.1 Å². The lowest BCUT2D eigenvalue weighted by atomic mass is 10.2. The number of benzene rings is 1. The number of hydrogen-bond acceptors (Lipinski definition) is 6. The lowest BCUT2D eigenvalue weighted by Gasteiger charge is -2.26. The maximum atomic E-state index is 12.3. The smallest absolute Gasteiger partial charge is 0.275 e. The fraction of sp³-hybridized carbons (Fsp3) is 0.368. The Hall–Kier alpha value is -1.68. The summed E-state index contributed by atoms with van der Waals surface area (Å²) in [6.45, 7) is 5.94. The first-order chi connectivity index (χ1) is 13.2. The number of ether oxygens (including phenoxy) is 1. The van der Waals surface area contributed by atoms with Gasteiger partial charge in [-0.2, -0.15) is 0 Å². The van der Waals surface area contributed by atoms with Crippen LogP contribution in [0.1, 0.15) is 15.5 Å². The van der Waals surface area contributed by atoms with Gasteiger partial charge in [0.2, 0.25) is 0 Å². The fourth-order valence-corrected chi connectivity index (χ4v) is 3.91. The Morgan fingerprint density at radius 1 is 1.21 bits per heavy atom. The zero-order valence-corrected chi connectivity index (χ0v) is 18.3. The number of aromatic nitrogens is 2. The number of nitrogens with two attached hydrogens (primary N) is 1. The summed E-state index contributed by atoms with van der Waals surface area (Å²) in [6.07, 6.45) is 2.10. The molecule has 158 valence electrons. The summed E-state index contributed by atoms with van der Waals surface area (Å²) in [5.41, 5.74) is 7.89. The monoisotopic (exact) mass is 457 g/mol. The molecule has 1 amide bonds. The molecular formula is C19H25Cl2N5O2S. The van der Waals surface area contributed by atoms with Crippen LogP contribution >= 0.6 is 36.2 Å². The van der Waals surface area contributed by atoms with E-state index in [1.165, 1.54) is 16.9 Å². The van der Waals surface area contributed by atoms with Gasteiger partial charge in [0.05, 0.1) is 13.2 Å². The molecule has 3 heterocycles. The Bertz CT molecular complexity index is 940.